The highest BCUT2D eigenvalue weighted by Gasteiger charge is 2.13. The molecule has 1 aromatic rings. The molecular formula is C16H23FN4OS. The fourth-order valence-corrected chi connectivity index (χ4v) is 2.27. The summed E-state index contributed by atoms with van der Waals surface area (Å²) in [5.41, 5.74) is 9.46. The van der Waals surface area contributed by atoms with Crippen LogP contribution in [0.2, 0.25) is 0 Å². The summed E-state index contributed by atoms with van der Waals surface area (Å²) in [6, 6.07) is 6.21. The normalized spacial score (nSPS) is 11.4. The summed E-state index contributed by atoms with van der Waals surface area (Å²) in [4.78, 5) is 13.4. The van der Waals surface area contributed by atoms with Gasteiger partial charge in [0.1, 0.15) is 5.82 Å². The van der Waals surface area contributed by atoms with E-state index in [1.54, 1.807) is 24.0 Å². The number of rotatable bonds is 7. The summed E-state index contributed by atoms with van der Waals surface area (Å²) in [6.07, 6.45) is 1.34. The lowest BCUT2D eigenvalue weighted by Gasteiger charge is -2.25. The van der Waals surface area contributed by atoms with E-state index in [1.807, 2.05) is 13.8 Å². The van der Waals surface area contributed by atoms with Crippen molar-refractivity contribution in [2.75, 3.05) is 6.54 Å². The summed E-state index contributed by atoms with van der Waals surface area (Å²) in [5.74, 6) is -0.264. The number of hydrazone groups is 1. The van der Waals surface area contributed by atoms with Gasteiger partial charge in [-0.1, -0.05) is 12.1 Å². The largest absolute Gasteiger partial charge is 0.375 e. The fraction of sp³-hybridized carbons (Fsp3) is 0.438. The molecule has 23 heavy (non-hydrogen) atoms. The lowest BCUT2D eigenvalue weighted by Crippen LogP contribution is -2.36. The van der Waals surface area contributed by atoms with Crippen molar-refractivity contribution in [2.45, 2.75) is 39.7 Å². The lowest BCUT2D eigenvalue weighted by atomic mass is 10.1. The van der Waals surface area contributed by atoms with Crippen molar-refractivity contribution in [3.63, 3.8) is 0 Å². The molecule has 1 rings (SSSR count). The molecule has 1 aromatic carbocycles. The second-order valence-corrected chi connectivity index (χ2v) is 5.89. The number of nitrogens with one attached hydrogen (secondary N) is 1. The van der Waals surface area contributed by atoms with Gasteiger partial charge < -0.3 is 10.6 Å². The molecular weight excluding hydrogens is 315 g/mol. The minimum atomic E-state index is -0.307. The fourth-order valence-electron chi connectivity index (χ4n) is 2.23. The standard InChI is InChI=1S/C16H23FN4OS/c1-11(2)21(12(3)22)10-4-5-15(19-20-16(18)23)13-6-8-14(17)9-7-13/h6-9,11H,4-5,10H2,1-3H3,(H3,18,20,23)/b19-15+. The van der Waals surface area contributed by atoms with Crippen LogP contribution >= 0.6 is 12.2 Å². The SMILES string of the molecule is CC(=O)N(CCC/C(=N\NC(N)=S)c1ccc(F)cc1)C(C)C. The first kappa shape index (κ1) is 19.0. The van der Waals surface area contributed by atoms with E-state index in [2.05, 4.69) is 10.5 Å². The monoisotopic (exact) mass is 338 g/mol. The lowest BCUT2D eigenvalue weighted by molar-refractivity contribution is -0.130. The van der Waals surface area contributed by atoms with Gasteiger partial charge >= 0.3 is 0 Å². The summed E-state index contributed by atoms with van der Waals surface area (Å²) >= 11 is 4.75. The number of thiocarbonyl (C=S) groups is 1. The van der Waals surface area contributed by atoms with Crippen molar-refractivity contribution in [3.8, 4) is 0 Å². The predicted octanol–water partition coefficient (Wildman–Crippen LogP) is 2.40. The number of halogens is 1. The third-order valence-corrected chi connectivity index (χ3v) is 3.41. The van der Waals surface area contributed by atoms with E-state index in [-0.39, 0.29) is 22.9 Å². The zero-order valence-electron chi connectivity index (χ0n) is 13.7. The van der Waals surface area contributed by atoms with Crippen LogP contribution in [0.15, 0.2) is 29.4 Å². The van der Waals surface area contributed by atoms with Gasteiger partial charge in [0.05, 0.1) is 5.71 Å². The Bertz CT molecular complexity index is 572. The molecule has 0 unspecified atom stereocenters. The van der Waals surface area contributed by atoms with Crippen LogP contribution in [-0.4, -0.2) is 34.2 Å². The Kier molecular flexibility index (Phi) is 7.61. The van der Waals surface area contributed by atoms with Crippen LogP contribution in [-0.2, 0) is 4.79 Å². The molecule has 0 fully saturated rings. The molecule has 5 nitrogen and oxygen atoms in total. The van der Waals surface area contributed by atoms with Gasteiger partial charge in [-0.15, -0.1) is 0 Å². The van der Waals surface area contributed by atoms with E-state index in [4.69, 9.17) is 18.0 Å². The van der Waals surface area contributed by atoms with Gasteiger partial charge in [-0.3, -0.25) is 10.2 Å². The van der Waals surface area contributed by atoms with Crippen LogP contribution in [0.4, 0.5) is 4.39 Å². The molecule has 0 aliphatic carbocycles. The highest BCUT2D eigenvalue weighted by molar-refractivity contribution is 7.80. The minimum Gasteiger partial charge on any atom is -0.375 e. The van der Waals surface area contributed by atoms with Gasteiger partial charge in [-0.25, -0.2) is 4.39 Å². The quantitative estimate of drug-likeness (QED) is 0.455. The summed E-state index contributed by atoms with van der Waals surface area (Å²) in [6.45, 7) is 6.14. The predicted molar refractivity (Wildman–Crippen MR) is 94.6 cm³/mol. The molecule has 0 aliphatic rings. The van der Waals surface area contributed by atoms with E-state index < -0.39 is 0 Å². The summed E-state index contributed by atoms with van der Waals surface area (Å²) in [7, 11) is 0. The van der Waals surface area contributed by atoms with Crippen LogP contribution in [0.25, 0.3) is 0 Å². The van der Waals surface area contributed by atoms with Gasteiger partial charge in [-0.05, 0) is 56.6 Å². The van der Waals surface area contributed by atoms with Gasteiger partial charge in [0.2, 0.25) is 5.91 Å². The Morgan fingerprint density at radius 2 is 2.00 bits per heavy atom. The number of hydrogen-bond donors (Lipinski definition) is 2. The summed E-state index contributed by atoms with van der Waals surface area (Å²) in [5, 5.41) is 4.25. The molecule has 0 bridgehead atoms. The zero-order chi connectivity index (χ0) is 17.4. The van der Waals surface area contributed by atoms with Gasteiger partial charge in [-0.2, -0.15) is 5.10 Å². The van der Waals surface area contributed by atoms with Crippen LogP contribution < -0.4 is 11.2 Å². The second kappa shape index (κ2) is 9.19. The maximum absolute atomic E-state index is 13.1. The highest BCUT2D eigenvalue weighted by atomic mass is 32.1. The third-order valence-electron chi connectivity index (χ3n) is 3.32. The Morgan fingerprint density at radius 3 is 2.48 bits per heavy atom. The van der Waals surface area contributed by atoms with E-state index in [0.29, 0.717) is 18.7 Å². The molecule has 0 aromatic heterocycles. The first-order chi connectivity index (χ1) is 10.8. The van der Waals surface area contributed by atoms with Gasteiger partial charge in [0.25, 0.3) is 0 Å². The summed E-state index contributed by atoms with van der Waals surface area (Å²) < 4.78 is 13.1. The van der Waals surface area contributed by atoms with E-state index in [1.165, 1.54) is 12.1 Å². The van der Waals surface area contributed by atoms with E-state index >= 15 is 0 Å². The van der Waals surface area contributed by atoms with Gasteiger partial charge in [0.15, 0.2) is 5.11 Å². The average molecular weight is 338 g/mol. The van der Waals surface area contributed by atoms with Crippen molar-refractivity contribution < 1.29 is 9.18 Å². The number of carbonyl (C=O) groups is 1. The smallest absolute Gasteiger partial charge is 0.219 e. The van der Waals surface area contributed by atoms with Crippen molar-refractivity contribution in [1.82, 2.24) is 10.3 Å². The molecule has 0 spiro atoms. The topological polar surface area (TPSA) is 70.7 Å². The molecule has 0 heterocycles. The molecule has 0 radical (unpaired) electrons. The number of carbonyl (C=O) groups excluding carboxylic acids is 1. The van der Waals surface area contributed by atoms with Crippen molar-refractivity contribution >= 4 is 28.9 Å². The molecule has 0 aliphatic heterocycles. The maximum Gasteiger partial charge on any atom is 0.219 e. The number of hydrogen-bond acceptors (Lipinski definition) is 3. The Balaban J connectivity index is 2.78. The van der Waals surface area contributed by atoms with Crippen molar-refractivity contribution in [1.29, 1.82) is 0 Å². The third kappa shape index (κ3) is 6.73. The molecule has 0 saturated heterocycles. The first-order valence-corrected chi connectivity index (χ1v) is 7.87. The Morgan fingerprint density at radius 1 is 1.39 bits per heavy atom. The van der Waals surface area contributed by atoms with Crippen LogP contribution in [0, 0.1) is 5.82 Å². The van der Waals surface area contributed by atoms with Crippen LogP contribution in [0.1, 0.15) is 39.2 Å². The maximum atomic E-state index is 13.1. The van der Waals surface area contributed by atoms with Crippen LogP contribution in [0.3, 0.4) is 0 Å². The second-order valence-electron chi connectivity index (χ2n) is 5.45. The van der Waals surface area contributed by atoms with Gasteiger partial charge in [0, 0.05) is 19.5 Å². The molecule has 1 amide bonds. The average Bonchev–Trinajstić information content (AvgIpc) is 2.46. The van der Waals surface area contributed by atoms with E-state index in [0.717, 1.165) is 12.0 Å². The number of nitrogens with two attached hydrogens (primary N) is 1. The zero-order valence-corrected chi connectivity index (χ0v) is 14.5. The molecule has 7 heteroatoms. The molecule has 3 N–H and O–H groups in total. The van der Waals surface area contributed by atoms with E-state index in [9.17, 15) is 9.18 Å². The van der Waals surface area contributed by atoms with Crippen molar-refractivity contribution in [2.24, 2.45) is 10.8 Å². The molecule has 0 atom stereocenters. The minimum absolute atomic E-state index is 0.0431. The first-order valence-electron chi connectivity index (χ1n) is 7.46. The number of amides is 1. The molecule has 126 valence electrons. The Hall–Kier alpha value is -2.02. The highest BCUT2D eigenvalue weighted by Crippen LogP contribution is 2.10. The number of benzene rings is 1. The number of nitrogens with zero attached hydrogens (tertiary/aromatic N) is 2. The molecule has 0 saturated carbocycles. The van der Waals surface area contributed by atoms with Crippen molar-refractivity contribution in [3.05, 3.63) is 35.6 Å². The van der Waals surface area contributed by atoms with Crippen LogP contribution in [0.5, 0.6) is 0 Å². The Labute approximate surface area is 141 Å².